The van der Waals surface area contributed by atoms with Crippen LogP contribution < -0.4 is 5.32 Å². The summed E-state index contributed by atoms with van der Waals surface area (Å²) in [7, 11) is 0. The third-order valence-corrected chi connectivity index (χ3v) is 2.69. The monoisotopic (exact) mass is 235 g/mol. The molecule has 2 N–H and O–H groups in total. The van der Waals surface area contributed by atoms with E-state index in [4.69, 9.17) is 6.42 Å². The highest BCUT2D eigenvalue weighted by Crippen LogP contribution is 2.25. The van der Waals surface area contributed by atoms with Gasteiger partial charge < -0.3 is 5.11 Å². The second-order valence-electron chi connectivity index (χ2n) is 4.10. The van der Waals surface area contributed by atoms with E-state index in [1.165, 1.54) is 18.2 Å². The molecule has 17 heavy (non-hydrogen) atoms. The Balaban J connectivity index is 2.78. The van der Waals surface area contributed by atoms with Crippen molar-refractivity contribution in [3.8, 4) is 18.1 Å². The minimum atomic E-state index is -0.362. The van der Waals surface area contributed by atoms with Gasteiger partial charge in [0.05, 0.1) is 6.04 Å². The molecular formula is C14H18FNO. The number of aromatic hydroxyl groups is 1. The van der Waals surface area contributed by atoms with Crippen LogP contribution in [0.5, 0.6) is 5.75 Å². The molecule has 3 heteroatoms. The molecule has 0 bridgehead atoms. The number of halogens is 1. The van der Waals surface area contributed by atoms with Crippen LogP contribution in [-0.4, -0.2) is 11.1 Å². The summed E-state index contributed by atoms with van der Waals surface area (Å²) in [6, 6.07) is 3.67. The van der Waals surface area contributed by atoms with Gasteiger partial charge in [-0.25, -0.2) is 4.39 Å². The quantitative estimate of drug-likeness (QED) is 0.769. The zero-order chi connectivity index (χ0) is 12.8. The lowest BCUT2D eigenvalue weighted by Crippen LogP contribution is -2.30. The zero-order valence-corrected chi connectivity index (χ0v) is 10.2. The van der Waals surface area contributed by atoms with Crippen molar-refractivity contribution in [3.63, 3.8) is 0 Å². The summed E-state index contributed by atoms with van der Waals surface area (Å²) in [4.78, 5) is 0. The fourth-order valence-electron chi connectivity index (χ4n) is 1.77. The molecule has 2 atom stereocenters. The molecule has 92 valence electrons. The van der Waals surface area contributed by atoms with Crippen LogP contribution >= 0.6 is 0 Å². The van der Waals surface area contributed by atoms with E-state index in [9.17, 15) is 9.50 Å². The molecule has 0 spiro atoms. The first-order valence-corrected chi connectivity index (χ1v) is 5.79. The van der Waals surface area contributed by atoms with Gasteiger partial charge in [-0.3, -0.25) is 5.32 Å². The first-order chi connectivity index (χ1) is 8.08. The molecule has 0 aliphatic rings. The topological polar surface area (TPSA) is 32.3 Å². The molecular weight excluding hydrogens is 217 g/mol. The number of nitrogens with one attached hydrogen (secondary N) is 1. The van der Waals surface area contributed by atoms with Crippen molar-refractivity contribution >= 4 is 0 Å². The van der Waals surface area contributed by atoms with Gasteiger partial charge in [0.1, 0.15) is 11.6 Å². The Labute approximate surface area is 102 Å². The lowest BCUT2D eigenvalue weighted by atomic mass is 10.0. The predicted molar refractivity (Wildman–Crippen MR) is 67.1 cm³/mol. The van der Waals surface area contributed by atoms with Crippen LogP contribution in [0.15, 0.2) is 18.2 Å². The van der Waals surface area contributed by atoms with Crippen molar-refractivity contribution in [2.24, 2.45) is 0 Å². The van der Waals surface area contributed by atoms with Gasteiger partial charge >= 0.3 is 0 Å². The number of hydrogen-bond donors (Lipinski definition) is 2. The Kier molecular flexibility index (Phi) is 4.99. The van der Waals surface area contributed by atoms with Crippen molar-refractivity contribution in [1.82, 2.24) is 5.32 Å². The standard InChI is InChI=1S/C14H18FNO/c1-4-6-12(5-2)16-10(3)13-9-11(15)7-8-14(13)17/h2,7-10,12,16-17H,4,6H2,1,3H3. The fraction of sp³-hybridized carbons (Fsp3) is 0.429. The lowest BCUT2D eigenvalue weighted by molar-refractivity contribution is 0.437. The van der Waals surface area contributed by atoms with E-state index in [1.807, 2.05) is 6.92 Å². The predicted octanol–water partition coefficient (Wildman–Crippen LogP) is 2.98. The molecule has 0 amide bonds. The van der Waals surface area contributed by atoms with Crippen molar-refractivity contribution in [2.75, 3.05) is 0 Å². The average Bonchev–Trinajstić information content (AvgIpc) is 2.31. The molecule has 0 aliphatic carbocycles. The first-order valence-electron chi connectivity index (χ1n) is 5.79. The maximum Gasteiger partial charge on any atom is 0.123 e. The van der Waals surface area contributed by atoms with Crippen LogP contribution in [0.4, 0.5) is 4.39 Å². The van der Waals surface area contributed by atoms with Crippen LogP contribution in [0.25, 0.3) is 0 Å². The zero-order valence-electron chi connectivity index (χ0n) is 10.2. The molecule has 0 aromatic heterocycles. The molecule has 2 nitrogen and oxygen atoms in total. The van der Waals surface area contributed by atoms with Gasteiger partial charge in [0.15, 0.2) is 0 Å². The van der Waals surface area contributed by atoms with E-state index in [0.717, 1.165) is 12.8 Å². The SMILES string of the molecule is C#CC(CCC)NC(C)c1cc(F)ccc1O. The van der Waals surface area contributed by atoms with Crippen molar-refractivity contribution < 1.29 is 9.50 Å². The van der Waals surface area contributed by atoms with Crippen LogP contribution in [0.3, 0.4) is 0 Å². The number of hydrogen-bond acceptors (Lipinski definition) is 2. The molecule has 0 saturated heterocycles. The van der Waals surface area contributed by atoms with Gasteiger partial charge in [0.25, 0.3) is 0 Å². The lowest BCUT2D eigenvalue weighted by Gasteiger charge is -2.20. The van der Waals surface area contributed by atoms with Gasteiger partial charge in [0.2, 0.25) is 0 Å². The highest BCUT2D eigenvalue weighted by Gasteiger charge is 2.14. The molecule has 0 aliphatic heterocycles. The Morgan fingerprint density at radius 3 is 2.82 bits per heavy atom. The summed E-state index contributed by atoms with van der Waals surface area (Å²) < 4.78 is 13.1. The number of benzene rings is 1. The molecule has 0 radical (unpaired) electrons. The average molecular weight is 235 g/mol. The van der Waals surface area contributed by atoms with Crippen LogP contribution in [-0.2, 0) is 0 Å². The minimum Gasteiger partial charge on any atom is -0.508 e. The molecule has 0 fully saturated rings. The molecule has 2 unspecified atom stereocenters. The summed E-state index contributed by atoms with van der Waals surface area (Å²) in [5.74, 6) is 2.37. The normalized spacial score (nSPS) is 14.0. The van der Waals surface area contributed by atoms with Gasteiger partial charge in [-0.2, -0.15) is 0 Å². The third kappa shape index (κ3) is 3.76. The van der Waals surface area contributed by atoms with E-state index in [1.54, 1.807) is 0 Å². The minimum absolute atomic E-state index is 0.0577. The van der Waals surface area contributed by atoms with Gasteiger partial charge in [0, 0.05) is 11.6 Å². The van der Waals surface area contributed by atoms with E-state index in [2.05, 4.69) is 18.2 Å². The van der Waals surface area contributed by atoms with Crippen LogP contribution in [0.1, 0.15) is 38.3 Å². The maximum atomic E-state index is 13.1. The summed E-state index contributed by atoms with van der Waals surface area (Å²) in [6.07, 6.45) is 7.24. The number of rotatable bonds is 5. The number of phenolic OH excluding ortho intramolecular Hbond substituents is 1. The Hall–Kier alpha value is -1.53. The highest BCUT2D eigenvalue weighted by atomic mass is 19.1. The second-order valence-corrected chi connectivity index (χ2v) is 4.10. The summed E-state index contributed by atoms with van der Waals surface area (Å²) >= 11 is 0. The Morgan fingerprint density at radius 2 is 2.24 bits per heavy atom. The highest BCUT2D eigenvalue weighted by molar-refractivity contribution is 5.35. The van der Waals surface area contributed by atoms with Crippen LogP contribution in [0.2, 0.25) is 0 Å². The van der Waals surface area contributed by atoms with E-state index in [-0.39, 0.29) is 23.7 Å². The number of terminal acetylenes is 1. The molecule has 1 aromatic rings. The maximum absolute atomic E-state index is 13.1. The van der Waals surface area contributed by atoms with Crippen molar-refractivity contribution in [2.45, 2.75) is 38.8 Å². The van der Waals surface area contributed by atoms with E-state index >= 15 is 0 Å². The summed E-state index contributed by atoms with van der Waals surface area (Å²) in [5.41, 5.74) is 0.529. The number of phenols is 1. The molecule has 1 aromatic carbocycles. The van der Waals surface area contributed by atoms with Gasteiger partial charge in [-0.15, -0.1) is 6.42 Å². The third-order valence-electron chi connectivity index (χ3n) is 2.69. The van der Waals surface area contributed by atoms with Crippen molar-refractivity contribution in [1.29, 1.82) is 0 Å². The van der Waals surface area contributed by atoms with Gasteiger partial charge in [-0.1, -0.05) is 19.3 Å². The van der Waals surface area contributed by atoms with Crippen molar-refractivity contribution in [3.05, 3.63) is 29.6 Å². The van der Waals surface area contributed by atoms with E-state index in [0.29, 0.717) is 5.56 Å². The molecule has 1 rings (SSSR count). The second kappa shape index (κ2) is 6.27. The van der Waals surface area contributed by atoms with Gasteiger partial charge in [-0.05, 0) is 31.5 Å². The van der Waals surface area contributed by atoms with E-state index < -0.39 is 0 Å². The largest absolute Gasteiger partial charge is 0.508 e. The summed E-state index contributed by atoms with van der Waals surface area (Å²) in [6.45, 7) is 3.91. The van der Waals surface area contributed by atoms with Crippen LogP contribution in [0, 0.1) is 18.2 Å². The summed E-state index contributed by atoms with van der Waals surface area (Å²) in [5, 5.41) is 12.9. The molecule has 0 saturated carbocycles. The first kappa shape index (κ1) is 13.5. The Bertz CT molecular complexity index is 411. The Morgan fingerprint density at radius 1 is 1.53 bits per heavy atom. The molecule has 0 heterocycles. The smallest absolute Gasteiger partial charge is 0.123 e. The fourth-order valence-corrected chi connectivity index (χ4v) is 1.77.